The van der Waals surface area contributed by atoms with Crippen molar-refractivity contribution in [1.29, 1.82) is 0 Å². The molecule has 0 spiro atoms. The van der Waals surface area contributed by atoms with Crippen molar-refractivity contribution in [3.8, 4) is 28.6 Å². The molecule has 2 heterocycles. The lowest BCUT2D eigenvalue weighted by atomic mass is 10.1. The van der Waals surface area contributed by atoms with Crippen molar-refractivity contribution in [3.63, 3.8) is 0 Å². The average Bonchev–Trinajstić information content (AvgIpc) is 3.08. The smallest absolute Gasteiger partial charge is 0.341 e. The fourth-order valence-electron chi connectivity index (χ4n) is 3.69. The molecule has 188 valence electrons. The molecule has 1 aliphatic rings. The van der Waals surface area contributed by atoms with Gasteiger partial charge >= 0.3 is 5.97 Å². The predicted molar refractivity (Wildman–Crippen MR) is 139 cm³/mol. The zero-order chi connectivity index (χ0) is 25.8. The van der Waals surface area contributed by atoms with Crippen LogP contribution in [0.3, 0.4) is 0 Å². The Hall–Kier alpha value is -4.02. The molecule has 0 aliphatic carbocycles. The van der Waals surface area contributed by atoms with E-state index in [9.17, 15) is 4.79 Å². The maximum atomic E-state index is 10.9. The highest BCUT2D eigenvalue weighted by Crippen LogP contribution is 2.41. The van der Waals surface area contributed by atoms with Crippen LogP contribution in [0.15, 0.2) is 71.9 Å². The SMILES string of the molecule is COc1cc([C@H]2Nc3ccccc3-c3nnc(SCc4ccc(Cl)cc4)nc3O2)ccc1OCC(=O)O. The lowest BCUT2D eigenvalue weighted by Gasteiger charge is -2.20. The molecule has 0 bridgehead atoms. The minimum Gasteiger partial charge on any atom is -0.493 e. The van der Waals surface area contributed by atoms with Gasteiger partial charge in [0.1, 0.15) is 0 Å². The molecule has 0 unspecified atom stereocenters. The third-order valence-electron chi connectivity index (χ3n) is 5.46. The molecule has 0 saturated carbocycles. The normalized spacial score (nSPS) is 13.8. The Kier molecular flexibility index (Phi) is 7.29. The van der Waals surface area contributed by atoms with E-state index >= 15 is 0 Å². The third kappa shape index (κ3) is 5.71. The quantitative estimate of drug-likeness (QED) is 0.281. The van der Waals surface area contributed by atoms with Crippen molar-refractivity contribution in [2.75, 3.05) is 19.0 Å². The zero-order valence-corrected chi connectivity index (χ0v) is 21.1. The lowest BCUT2D eigenvalue weighted by Crippen LogP contribution is -2.17. The van der Waals surface area contributed by atoms with Gasteiger partial charge in [-0.05, 0) is 42.0 Å². The number of ether oxygens (including phenoxy) is 3. The van der Waals surface area contributed by atoms with Gasteiger partial charge in [-0.3, -0.25) is 0 Å². The van der Waals surface area contributed by atoms with Gasteiger partial charge in [-0.15, -0.1) is 10.2 Å². The average molecular weight is 537 g/mol. The number of carboxylic acid groups (broad SMARTS) is 1. The number of anilines is 1. The maximum absolute atomic E-state index is 10.9. The van der Waals surface area contributed by atoms with Crippen LogP contribution in [0.1, 0.15) is 17.4 Å². The first-order valence-electron chi connectivity index (χ1n) is 11.2. The number of aliphatic carboxylic acids is 1. The molecule has 0 saturated heterocycles. The van der Waals surface area contributed by atoms with Crippen LogP contribution in [-0.2, 0) is 10.5 Å². The number of methoxy groups -OCH3 is 1. The van der Waals surface area contributed by atoms with Gasteiger partial charge in [-0.2, -0.15) is 4.98 Å². The predicted octanol–water partition coefficient (Wildman–Crippen LogP) is 5.46. The number of carbonyl (C=O) groups is 1. The second kappa shape index (κ2) is 10.9. The summed E-state index contributed by atoms with van der Waals surface area (Å²) in [6.45, 7) is -0.478. The minimum atomic E-state index is -1.08. The number of nitrogens with zero attached hydrogens (tertiary/aromatic N) is 3. The van der Waals surface area contributed by atoms with Crippen molar-refractivity contribution in [2.24, 2.45) is 0 Å². The molecule has 1 aromatic heterocycles. The molecule has 1 atom stereocenters. The zero-order valence-electron chi connectivity index (χ0n) is 19.6. The Balaban J connectivity index is 1.45. The summed E-state index contributed by atoms with van der Waals surface area (Å²) in [6.07, 6.45) is -0.643. The largest absolute Gasteiger partial charge is 0.493 e. The number of benzene rings is 3. The van der Waals surface area contributed by atoms with Crippen molar-refractivity contribution in [1.82, 2.24) is 15.2 Å². The van der Waals surface area contributed by atoms with Crippen LogP contribution >= 0.6 is 23.4 Å². The molecule has 3 aromatic carbocycles. The third-order valence-corrected chi connectivity index (χ3v) is 6.62. The molecular weight excluding hydrogens is 516 g/mol. The van der Waals surface area contributed by atoms with Crippen molar-refractivity contribution < 1.29 is 24.1 Å². The van der Waals surface area contributed by atoms with E-state index in [0.29, 0.717) is 39.0 Å². The first-order valence-corrected chi connectivity index (χ1v) is 12.5. The second-order valence-corrected chi connectivity index (χ2v) is 9.32. The number of aromatic nitrogens is 3. The molecule has 37 heavy (non-hydrogen) atoms. The van der Waals surface area contributed by atoms with E-state index in [1.807, 2.05) is 48.5 Å². The molecule has 2 N–H and O–H groups in total. The highest BCUT2D eigenvalue weighted by molar-refractivity contribution is 7.98. The summed E-state index contributed by atoms with van der Waals surface area (Å²) in [7, 11) is 1.49. The molecular formula is C26H21ClN4O5S. The summed E-state index contributed by atoms with van der Waals surface area (Å²) < 4.78 is 17.1. The number of fused-ring (bicyclic) bond motifs is 3. The standard InChI is InChI=1S/C26H21ClN4O5S/c1-34-21-12-16(8-11-20(21)35-13-22(32)33)24-28-19-5-3-2-4-18(19)23-25(36-24)29-26(31-30-23)37-14-15-6-9-17(27)10-7-15/h2-12,24,28H,13-14H2,1H3,(H,32,33)/t24-/m0/s1. The molecule has 5 rings (SSSR count). The number of rotatable bonds is 8. The van der Waals surface area contributed by atoms with E-state index < -0.39 is 18.8 Å². The Morgan fingerprint density at radius 2 is 1.92 bits per heavy atom. The number of halogens is 1. The molecule has 0 amide bonds. The first-order chi connectivity index (χ1) is 18.0. The molecule has 0 fully saturated rings. The molecule has 1 aliphatic heterocycles. The van der Waals surface area contributed by atoms with Gasteiger partial charge in [-0.25, -0.2) is 4.79 Å². The van der Waals surface area contributed by atoms with Crippen LogP contribution in [0.25, 0.3) is 11.3 Å². The van der Waals surface area contributed by atoms with E-state index in [1.165, 1.54) is 18.9 Å². The van der Waals surface area contributed by atoms with Gasteiger partial charge in [0, 0.05) is 27.6 Å². The summed E-state index contributed by atoms with van der Waals surface area (Å²) in [5.41, 5.74) is 3.93. The fourth-order valence-corrected chi connectivity index (χ4v) is 4.55. The highest BCUT2D eigenvalue weighted by Gasteiger charge is 2.27. The van der Waals surface area contributed by atoms with Gasteiger partial charge in [-0.1, -0.05) is 53.7 Å². The number of para-hydroxylation sites is 1. The van der Waals surface area contributed by atoms with Gasteiger partial charge in [0.05, 0.1) is 7.11 Å². The van der Waals surface area contributed by atoms with Crippen LogP contribution in [0.2, 0.25) is 5.02 Å². The lowest BCUT2D eigenvalue weighted by molar-refractivity contribution is -0.139. The van der Waals surface area contributed by atoms with Crippen LogP contribution in [-0.4, -0.2) is 40.0 Å². The van der Waals surface area contributed by atoms with Gasteiger partial charge in [0.25, 0.3) is 0 Å². The van der Waals surface area contributed by atoms with Gasteiger partial charge in [0.2, 0.25) is 11.0 Å². The topological polar surface area (TPSA) is 116 Å². The van der Waals surface area contributed by atoms with Crippen LogP contribution in [0.4, 0.5) is 5.69 Å². The van der Waals surface area contributed by atoms with Crippen LogP contribution in [0, 0.1) is 0 Å². The van der Waals surface area contributed by atoms with Gasteiger partial charge in [0.15, 0.2) is 30.0 Å². The summed E-state index contributed by atoms with van der Waals surface area (Å²) in [5.74, 6) is 0.589. The van der Waals surface area contributed by atoms with E-state index in [-0.39, 0.29) is 0 Å². The van der Waals surface area contributed by atoms with Crippen LogP contribution in [0.5, 0.6) is 17.4 Å². The van der Waals surface area contributed by atoms with E-state index in [4.69, 9.17) is 30.9 Å². The first kappa shape index (κ1) is 24.7. The number of nitrogens with one attached hydrogen (secondary N) is 1. The summed E-state index contributed by atoms with van der Waals surface area (Å²) in [6, 6.07) is 20.4. The number of hydrogen-bond donors (Lipinski definition) is 2. The van der Waals surface area contributed by atoms with Crippen molar-refractivity contribution >= 4 is 35.0 Å². The van der Waals surface area contributed by atoms with Gasteiger partial charge < -0.3 is 24.6 Å². The molecule has 0 radical (unpaired) electrons. The monoisotopic (exact) mass is 536 g/mol. The molecule has 9 nitrogen and oxygen atoms in total. The highest BCUT2D eigenvalue weighted by atomic mass is 35.5. The second-order valence-electron chi connectivity index (χ2n) is 7.94. The maximum Gasteiger partial charge on any atom is 0.341 e. The molecule has 11 heteroatoms. The van der Waals surface area contributed by atoms with E-state index in [0.717, 1.165) is 22.4 Å². The van der Waals surface area contributed by atoms with E-state index in [2.05, 4.69) is 20.5 Å². The van der Waals surface area contributed by atoms with Crippen molar-refractivity contribution in [2.45, 2.75) is 17.1 Å². The fraction of sp³-hybridized carbons (Fsp3) is 0.154. The minimum absolute atomic E-state index is 0.313. The number of carboxylic acids is 1. The summed E-state index contributed by atoms with van der Waals surface area (Å²) in [4.78, 5) is 15.6. The summed E-state index contributed by atoms with van der Waals surface area (Å²) in [5, 5.41) is 22.2. The number of hydrogen-bond acceptors (Lipinski definition) is 9. The van der Waals surface area contributed by atoms with Crippen molar-refractivity contribution in [3.05, 3.63) is 82.9 Å². The number of thioether (sulfide) groups is 1. The Morgan fingerprint density at radius 1 is 1.11 bits per heavy atom. The van der Waals surface area contributed by atoms with Crippen LogP contribution < -0.4 is 19.5 Å². The Morgan fingerprint density at radius 3 is 2.70 bits per heavy atom. The Bertz CT molecular complexity index is 1440. The Labute approximate surface area is 221 Å². The van der Waals surface area contributed by atoms with E-state index in [1.54, 1.807) is 18.2 Å². The summed E-state index contributed by atoms with van der Waals surface area (Å²) >= 11 is 7.42. The molecule has 4 aromatic rings.